The lowest BCUT2D eigenvalue weighted by Gasteiger charge is -2.43. The molecular weight excluding hydrogens is 420 g/mol. The second-order valence-electron chi connectivity index (χ2n) is 8.74. The van der Waals surface area contributed by atoms with E-state index in [4.69, 9.17) is 16.4 Å². The van der Waals surface area contributed by atoms with Gasteiger partial charge >= 0.3 is 0 Å². The van der Waals surface area contributed by atoms with Crippen LogP contribution >= 0.6 is 0 Å². The Balaban J connectivity index is 1.40. The lowest BCUT2D eigenvalue weighted by atomic mass is 9.76. The summed E-state index contributed by atoms with van der Waals surface area (Å²) in [6, 6.07) is 3.92. The van der Waals surface area contributed by atoms with Gasteiger partial charge in [-0.2, -0.15) is 4.98 Å². The SMILES string of the molecule is C#Cc1ccc(C2=CCN(c3nc4c(c(NC5(CNC)CCC5)n3)S(=O)CC4)CC2)nc1. The van der Waals surface area contributed by atoms with E-state index < -0.39 is 10.8 Å². The number of aromatic nitrogens is 3. The Bertz CT molecular complexity index is 1120. The molecule has 8 heteroatoms. The van der Waals surface area contributed by atoms with Crippen molar-refractivity contribution in [3.05, 3.63) is 41.4 Å². The first-order chi connectivity index (χ1) is 15.6. The van der Waals surface area contributed by atoms with Crippen LogP contribution in [0.5, 0.6) is 0 Å². The molecule has 5 rings (SSSR count). The van der Waals surface area contributed by atoms with Crippen LogP contribution in [0.4, 0.5) is 11.8 Å². The van der Waals surface area contributed by atoms with Crippen LogP contribution in [0.25, 0.3) is 5.57 Å². The number of likely N-dealkylation sites (N-methyl/N-ethyl adjacent to an activating group) is 1. The number of hydrogen-bond acceptors (Lipinski definition) is 7. The van der Waals surface area contributed by atoms with Crippen molar-refractivity contribution in [2.75, 3.05) is 42.7 Å². The zero-order chi connectivity index (χ0) is 22.1. The van der Waals surface area contributed by atoms with Crippen LogP contribution in [0.15, 0.2) is 29.3 Å². The first-order valence-electron chi connectivity index (χ1n) is 11.2. The van der Waals surface area contributed by atoms with Gasteiger partial charge in [0.25, 0.3) is 0 Å². The minimum Gasteiger partial charge on any atom is -0.362 e. The van der Waals surface area contributed by atoms with Gasteiger partial charge in [-0.3, -0.25) is 9.19 Å². The van der Waals surface area contributed by atoms with Crippen molar-refractivity contribution in [2.45, 2.75) is 42.5 Å². The van der Waals surface area contributed by atoms with Gasteiger partial charge < -0.3 is 15.5 Å². The fourth-order valence-electron chi connectivity index (χ4n) is 4.70. The van der Waals surface area contributed by atoms with E-state index in [1.54, 1.807) is 6.20 Å². The van der Waals surface area contributed by atoms with Crippen LogP contribution in [-0.4, -0.2) is 57.1 Å². The fraction of sp³-hybridized carbons (Fsp3) is 0.458. The van der Waals surface area contributed by atoms with Gasteiger partial charge in [0.05, 0.1) is 27.7 Å². The number of rotatable bonds is 6. The Labute approximate surface area is 191 Å². The van der Waals surface area contributed by atoms with Crippen molar-refractivity contribution in [1.29, 1.82) is 0 Å². The molecule has 2 aromatic rings. The second-order valence-corrected chi connectivity index (χ2v) is 10.2. The van der Waals surface area contributed by atoms with E-state index in [9.17, 15) is 4.21 Å². The molecule has 0 saturated heterocycles. The molecule has 4 heterocycles. The predicted octanol–water partition coefficient (Wildman–Crippen LogP) is 2.36. The normalized spacial score (nSPS) is 21.3. The van der Waals surface area contributed by atoms with E-state index in [-0.39, 0.29) is 5.54 Å². The standard InChI is InChI=1S/C24H28N6OS/c1-3-17-5-6-19(26-15-17)18-7-12-30(13-8-18)23-27-20-9-14-32(31)21(20)22(28-23)29-24(16-25-2)10-4-11-24/h1,5-7,15,25H,4,8-14,16H2,2H3,(H,27,28,29). The molecule has 1 fully saturated rings. The molecule has 2 N–H and O–H groups in total. The van der Waals surface area contributed by atoms with Crippen LogP contribution in [0.2, 0.25) is 0 Å². The van der Waals surface area contributed by atoms with Gasteiger partial charge in [0.15, 0.2) is 0 Å². The molecule has 1 unspecified atom stereocenters. The third-order valence-corrected chi connectivity index (χ3v) is 8.10. The maximum atomic E-state index is 12.7. The van der Waals surface area contributed by atoms with Crippen LogP contribution in [0, 0.1) is 12.3 Å². The van der Waals surface area contributed by atoms with E-state index in [1.165, 1.54) is 12.0 Å². The van der Waals surface area contributed by atoms with Gasteiger partial charge in [-0.1, -0.05) is 12.0 Å². The second kappa shape index (κ2) is 8.64. The van der Waals surface area contributed by atoms with Crippen molar-refractivity contribution < 1.29 is 4.21 Å². The molecule has 166 valence electrons. The predicted molar refractivity (Wildman–Crippen MR) is 128 cm³/mol. The Hall–Kier alpha value is -2.76. The number of anilines is 2. The maximum Gasteiger partial charge on any atom is 0.227 e. The number of nitrogens with zero attached hydrogens (tertiary/aromatic N) is 4. The van der Waals surface area contributed by atoms with Gasteiger partial charge in [0, 0.05) is 43.6 Å². The molecule has 2 aromatic heterocycles. The van der Waals surface area contributed by atoms with E-state index in [2.05, 4.69) is 32.5 Å². The van der Waals surface area contributed by atoms with E-state index >= 15 is 0 Å². The third-order valence-electron chi connectivity index (χ3n) is 6.64. The number of aryl methyl sites for hydroxylation is 1. The molecule has 7 nitrogen and oxygen atoms in total. The summed E-state index contributed by atoms with van der Waals surface area (Å²) in [4.78, 5) is 17.2. The molecule has 2 aliphatic heterocycles. The smallest absolute Gasteiger partial charge is 0.227 e. The molecule has 0 radical (unpaired) electrons. The molecule has 0 aromatic carbocycles. The number of terminal acetylenes is 1. The zero-order valence-corrected chi connectivity index (χ0v) is 19.2. The Morgan fingerprint density at radius 1 is 1.28 bits per heavy atom. The lowest BCUT2D eigenvalue weighted by Crippen LogP contribution is -2.52. The molecule has 0 spiro atoms. The number of pyridine rings is 1. The lowest BCUT2D eigenvalue weighted by molar-refractivity contribution is 0.271. The summed E-state index contributed by atoms with van der Waals surface area (Å²) < 4.78 is 12.7. The van der Waals surface area contributed by atoms with Crippen molar-refractivity contribution in [1.82, 2.24) is 20.3 Å². The molecule has 1 aliphatic carbocycles. The molecule has 0 bridgehead atoms. The quantitative estimate of drug-likeness (QED) is 0.657. The van der Waals surface area contributed by atoms with E-state index in [1.807, 2.05) is 19.2 Å². The molecular formula is C24H28N6OS. The van der Waals surface area contributed by atoms with Crippen LogP contribution < -0.4 is 15.5 Å². The topological polar surface area (TPSA) is 83.0 Å². The minimum atomic E-state index is -1.03. The maximum absolute atomic E-state index is 12.7. The summed E-state index contributed by atoms with van der Waals surface area (Å²) in [5.41, 5.74) is 3.89. The average molecular weight is 449 g/mol. The van der Waals surface area contributed by atoms with Gasteiger partial charge in [-0.25, -0.2) is 4.98 Å². The molecule has 1 atom stereocenters. The monoisotopic (exact) mass is 448 g/mol. The highest BCUT2D eigenvalue weighted by atomic mass is 32.2. The van der Waals surface area contributed by atoms with Crippen molar-refractivity contribution in [2.24, 2.45) is 0 Å². The first-order valence-corrected chi connectivity index (χ1v) is 12.5. The zero-order valence-electron chi connectivity index (χ0n) is 18.4. The van der Waals surface area contributed by atoms with Gasteiger partial charge in [-0.05, 0) is 50.4 Å². The summed E-state index contributed by atoms with van der Waals surface area (Å²) >= 11 is 0. The first kappa shape index (κ1) is 21.1. The highest BCUT2D eigenvalue weighted by Gasteiger charge is 2.39. The van der Waals surface area contributed by atoms with Crippen molar-refractivity contribution >= 4 is 28.1 Å². The summed E-state index contributed by atoms with van der Waals surface area (Å²) in [5, 5.41) is 6.97. The van der Waals surface area contributed by atoms with Crippen molar-refractivity contribution in [3.8, 4) is 12.3 Å². The molecule has 1 saturated carbocycles. The average Bonchev–Trinajstić information content (AvgIpc) is 3.19. The highest BCUT2D eigenvalue weighted by molar-refractivity contribution is 7.85. The van der Waals surface area contributed by atoms with Gasteiger partial charge in [0.1, 0.15) is 10.7 Å². The third kappa shape index (κ3) is 3.91. The summed E-state index contributed by atoms with van der Waals surface area (Å²) in [5.74, 6) is 4.72. The molecule has 32 heavy (non-hydrogen) atoms. The Morgan fingerprint density at radius 2 is 2.16 bits per heavy atom. The number of nitrogens with one attached hydrogen (secondary N) is 2. The largest absolute Gasteiger partial charge is 0.362 e. The van der Waals surface area contributed by atoms with E-state index in [0.29, 0.717) is 5.75 Å². The number of fused-ring (bicyclic) bond motifs is 1. The Kier molecular flexibility index (Phi) is 5.70. The van der Waals surface area contributed by atoms with Crippen molar-refractivity contribution in [3.63, 3.8) is 0 Å². The molecule has 0 amide bonds. The van der Waals surface area contributed by atoms with Crippen LogP contribution in [0.1, 0.15) is 42.6 Å². The molecule has 3 aliphatic rings. The van der Waals surface area contributed by atoms with Crippen LogP contribution in [-0.2, 0) is 17.2 Å². The number of hydrogen-bond donors (Lipinski definition) is 2. The van der Waals surface area contributed by atoms with Crippen LogP contribution in [0.3, 0.4) is 0 Å². The Morgan fingerprint density at radius 3 is 2.78 bits per heavy atom. The fourth-order valence-corrected chi connectivity index (χ4v) is 6.01. The summed E-state index contributed by atoms with van der Waals surface area (Å²) in [6.07, 6.45) is 14.4. The summed E-state index contributed by atoms with van der Waals surface area (Å²) in [7, 11) is 0.941. The van der Waals surface area contributed by atoms with Gasteiger partial charge in [0.2, 0.25) is 5.95 Å². The highest BCUT2D eigenvalue weighted by Crippen LogP contribution is 2.38. The summed E-state index contributed by atoms with van der Waals surface area (Å²) in [6.45, 7) is 2.40. The van der Waals surface area contributed by atoms with Gasteiger partial charge in [-0.15, -0.1) is 6.42 Å². The van der Waals surface area contributed by atoms with E-state index in [0.717, 1.165) is 78.9 Å². The minimum absolute atomic E-state index is 0.00782.